The van der Waals surface area contributed by atoms with E-state index in [1.54, 1.807) is 30.9 Å². The van der Waals surface area contributed by atoms with E-state index >= 15 is 0 Å². The first-order chi connectivity index (χ1) is 11.6. The molecular weight excluding hydrogens is 309 g/mol. The predicted molar refractivity (Wildman–Crippen MR) is 89.2 cm³/mol. The van der Waals surface area contributed by atoms with E-state index in [2.05, 4.69) is 0 Å². The standard InChI is InChI=1S/C19H20FNO3/c1-3-23-19(22)18-21(15-10-9-13(2)16(20)11-15)17(12-24-18)14-7-5-4-6-8-14/h4-11,17-18H,3,12H2,1-2H3. The molecule has 0 aliphatic carbocycles. The lowest BCUT2D eigenvalue weighted by Crippen LogP contribution is -2.39. The second kappa shape index (κ2) is 7.01. The van der Waals surface area contributed by atoms with Gasteiger partial charge in [-0.3, -0.25) is 0 Å². The van der Waals surface area contributed by atoms with Crippen molar-refractivity contribution < 1.29 is 18.7 Å². The first kappa shape index (κ1) is 16.5. The number of carbonyl (C=O) groups is 1. The van der Waals surface area contributed by atoms with Crippen LogP contribution in [0.15, 0.2) is 48.5 Å². The van der Waals surface area contributed by atoms with Crippen LogP contribution in [0.3, 0.4) is 0 Å². The van der Waals surface area contributed by atoms with Crippen LogP contribution in [0.25, 0.3) is 0 Å². The molecule has 0 aromatic heterocycles. The SMILES string of the molecule is CCOC(=O)C1OCC(c2ccccc2)N1c1ccc(C)c(F)c1. The molecule has 126 valence electrons. The summed E-state index contributed by atoms with van der Waals surface area (Å²) in [6.07, 6.45) is -0.878. The number of halogens is 1. The lowest BCUT2D eigenvalue weighted by molar-refractivity contribution is -0.153. The molecule has 0 spiro atoms. The Morgan fingerprint density at radius 3 is 2.71 bits per heavy atom. The highest BCUT2D eigenvalue weighted by Crippen LogP contribution is 2.36. The van der Waals surface area contributed by atoms with E-state index in [9.17, 15) is 9.18 Å². The van der Waals surface area contributed by atoms with Crippen LogP contribution in [-0.2, 0) is 14.3 Å². The van der Waals surface area contributed by atoms with E-state index < -0.39 is 12.2 Å². The van der Waals surface area contributed by atoms with Crippen LogP contribution >= 0.6 is 0 Å². The normalized spacial score (nSPS) is 20.2. The molecule has 1 aliphatic heterocycles. The van der Waals surface area contributed by atoms with Crippen LogP contribution in [0.4, 0.5) is 10.1 Å². The summed E-state index contributed by atoms with van der Waals surface area (Å²) >= 11 is 0. The summed E-state index contributed by atoms with van der Waals surface area (Å²) in [6.45, 7) is 4.06. The van der Waals surface area contributed by atoms with Crippen LogP contribution < -0.4 is 4.90 Å². The number of hydrogen-bond donors (Lipinski definition) is 0. The van der Waals surface area contributed by atoms with Crippen molar-refractivity contribution in [3.63, 3.8) is 0 Å². The molecule has 4 nitrogen and oxygen atoms in total. The second-order valence-corrected chi connectivity index (χ2v) is 5.70. The fourth-order valence-electron chi connectivity index (χ4n) is 2.89. The first-order valence-electron chi connectivity index (χ1n) is 7.99. The first-order valence-corrected chi connectivity index (χ1v) is 7.99. The van der Waals surface area contributed by atoms with Gasteiger partial charge in [-0.05, 0) is 37.1 Å². The quantitative estimate of drug-likeness (QED) is 0.804. The fraction of sp³-hybridized carbons (Fsp3) is 0.316. The van der Waals surface area contributed by atoms with E-state index in [1.165, 1.54) is 6.07 Å². The molecular formula is C19H20FNO3. The molecule has 0 bridgehead atoms. The van der Waals surface area contributed by atoms with Gasteiger partial charge in [0.1, 0.15) is 5.82 Å². The summed E-state index contributed by atoms with van der Waals surface area (Å²) in [6, 6.07) is 14.5. The summed E-state index contributed by atoms with van der Waals surface area (Å²) in [5, 5.41) is 0. The molecule has 0 radical (unpaired) electrons. The maximum absolute atomic E-state index is 14.1. The van der Waals surface area contributed by atoms with Crippen LogP contribution in [0, 0.1) is 12.7 Å². The fourth-order valence-corrected chi connectivity index (χ4v) is 2.89. The van der Waals surface area contributed by atoms with Crippen LogP contribution in [0.2, 0.25) is 0 Å². The van der Waals surface area contributed by atoms with Gasteiger partial charge in [0.15, 0.2) is 0 Å². The van der Waals surface area contributed by atoms with Gasteiger partial charge >= 0.3 is 5.97 Å². The minimum atomic E-state index is -0.878. The molecule has 1 fully saturated rings. The Hall–Kier alpha value is -2.40. The molecule has 2 aromatic carbocycles. The number of rotatable bonds is 4. The van der Waals surface area contributed by atoms with Crippen molar-refractivity contribution in [3.05, 3.63) is 65.5 Å². The van der Waals surface area contributed by atoms with Crippen molar-refractivity contribution >= 4 is 11.7 Å². The molecule has 0 amide bonds. The molecule has 0 saturated carbocycles. The number of carbonyl (C=O) groups excluding carboxylic acids is 1. The lowest BCUT2D eigenvalue weighted by Gasteiger charge is -2.29. The third-order valence-electron chi connectivity index (χ3n) is 4.13. The van der Waals surface area contributed by atoms with Crippen molar-refractivity contribution in [2.24, 2.45) is 0 Å². The van der Waals surface area contributed by atoms with Crippen molar-refractivity contribution in [3.8, 4) is 0 Å². The molecule has 1 saturated heterocycles. The highest BCUT2D eigenvalue weighted by atomic mass is 19.1. The van der Waals surface area contributed by atoms with E-state index in [-0.39, 0.29) is 18.5 Å². The maximum atomic E-state index is 14.1. The zero-order valence-corrected chi connectivity index (χ0v) is 13.7. The number of nitrogens with zero attached hydrogens (tertiary/aromatic N) is 1. The van der Waals surface area contributed by atoms with Gasteiger partial charge in [0, 0.05) is 5.69 Å². The largest absolute Gasteiger partial charge is 0.463 e. The van der Waals surface area contributed by atoms with Gasteiger partial charge in [-0.15, -0.1) is 0 Å². The Morgan fingerprint density at radius 1 is 1.29 bits per heavy atom. The van der Waals surface area contributed by atoms with Crippen molar-refractivity contribution in [2.45, 2.75) is 26.1 Å². The van der Waals surface area contributed by atoms with Gasteiger partial charge < -0.3 is 14.4 Å². The number of anilines is 1. The average molecular weight is 329 g/mol. The van der Waals surface area contributed by atoms with Gasteiger partial charge in [0.2, 0.25) is 6.23 Å². The number of ether oxygens (including phenoxy) is 2. The molecule has 5 heteroatoms. The van der Waals surface area contributed by atoms with Crippen LogP contribution in [0.1, 0.15) is 24.1 Å². The minimum absolute atomic E-state index is 0.178. The van der Waals surface area contributed by atoms with Gasteiger partial charge in [-0.2, -0.15) is 0 Å². The third kappa shape index (κ3) is 3.12. The van der Waals surface area contributed by atoms with E-state index in [4.69, 9.17) is 9.47 Å². The van der Waals surface area contributed by atoms with E-state index in [0.717, 1.165) is 5.56 Å². The smallest absolute Gasteiger partial charge is 0.356 e. The molecule has 1 heterocycles. The Morgan fingerprint density at radius 2 is 2.04 bits per heavy atom. The molecule has 24 heavy (non-hydrogen) atoms. The monoisotopic (exact) mass is 329 g/mol. The number of aryl methyl sites for hydroxylation is 1. The molecule has 1 aliphatic rings. The zero-order chi connectivity index (χ0) is 17.1. The van der Waals surface area contributed by atoms with Crippen LogP contribution in [-0.4, -0.2) is 25.4 Å². The van der Waals surface area contributed by atoms with Gasteiger partial charge in [-0.25, -0.2) is 9.18 Å². The number of hydrogen-bond acceptors (Lipinski definition) is 4. The Balaban J connectivity index is 2.00. The van der Waals surface area contributed by atoms with Gasteiger partial charge in [-0.1, -0.05) is 36.4 Å². The summed E-state index contributed by atoms with van der Waals surface area (Å²) in [7, 11) is 0. The van der Waals surface area contributed by atoms with Crippen LogP contribution in [0.5, 0.6) is 0 Å². The number of esters is 1. The van der Waals surface area contributed by atoms with Crippen molar-refractivity contribution in [2.75, 3.05) is 18.1 Å². The number of benzene rings is 2. The zero-order valence-electron chi connectivity index (χ0n) is 13.7. The minimum Gasteiger partial charge on any atom is -0.463 e. The topological polar surface area (TPSA) is 38.8 Å². The predicted octanol–water partition coefficient (Wildman–Crippen LogP) is 3.60. The van der Waals surface area contributed by atoms with Crippen molar-refractivity contribution in [1.82, 2.24) is 0 Å². The molecule has 0 N–H and O–H groups in total. The molecule has 2 unspecified atom stereocenters. The summed E-state index contributed by atoms with van der Waals surface area (Å²) in [5.41, 5.74) is 2.16. The average Bonchev–Trinajstić information content (AvgIpc) is 3.03. The van der Waals surface area contributed by atoms with E-state index in [0.29, 0.717) is 17.9 Å². The maximum Gasteiger partial charge on any atom is 0.356 e. The second-order valence-electron chi connectivity index (χ2n) is 5.70. The molecule has 2 aromatic rings. The lowest BCUT2D eigenvalue weighted by atomic mass is 10.1. The van der Waals surface area contributed by atoms with Gasteiger partial charge in [0.05, 0.1) is 19.3 Å². The Kier molecular flexibility index (Phi) is 4.81. The summed E-state index contributed by atoms with van der Waals surface area (Å²) < 4.78 is 24.9. The summed E-state index contributed by atoms with van der Waals surface area (Å²) in [4.78, 5) is 14.1. The highest BCUT2D eigenvalue weighted by Gasteiger charge is 2.41. The van der Waals surface area contributed by atoms with Crippen molar-refractivity contribution in [1.29, 1.82) is 0 Å². The third-order valence-corrected chi connectivity index (χ3v) is 4.13. The van der Waals surface area contributed by atoms with Gasteiger partial charge in [0.25, 0.3) is 0 Å². The molecule has 3 rings (SSSR count). The molecule has 2 atom stereocenters. The summed E-state index contributed by atoms with van der Waals surface area (Å²) in [5.74, 6) is -0.772. The van der Waals surface area contributed by atoms with E-state index in [1.807, 2.05) is 30.3 Å². The highest BCUT2D eigenvalue weighted by molar-refractivity contribution is 5.79. The Labute approximate surface area is 140 Å². The Bertz CT molecular complexity index is 720.